The number of rotatable bonds is 5. The van der Waals surface area contributed by atoms with Gasteiger partial charge in [0.2, 0.25) is 5.89 Å². The van der Waals surface area contributed by atoms with Crippen LogP contribution in [0.2, 0.25) is 0 Å². The Morgan fingerprint density at radius 3 is 2.56 bits per heavy atom. The number of aromatic nitrogens is 1. The Balaban J connectivity index is 1.38. The van der Waals surface area contributed by atoms with Crippen molar-refractivity contribution in [1.82, 2.24) is 10.3 Å². The second-order valence-electron chi connectivity index (χ2n) is 7.83. The molecule has 4 rings (SSSR count). The molecule has 1 aromatic heterocycles. The molecule has 0 spiro atoms. The molecule has 0 unspecified atom stereocenters. The number of carbonyl (C=O) groups is 1. The van der Waals surface area contributed by atoms with Gasteiger partial charge < -0.3 is 14.5 Å². The van der Waals surface area contributed by atoms with Crippen LogP contribution in [0, 0.1) is 20.8 Å². The van der Waals surface area contributed by atoms with Gasteiger partial charge in [0, 0.05) is 15.7 Å². The monoisotopic (exact) mass is 601 g/mol. The molecule has 34 heavy (non-hydrogen) atoms. The van der Waals surface area contributed by atoms with Crippen LogP contribution in [0.5, 0.6) is 5.75 Å². The lowest BCUT2D eigenvalue weighted by Gasteiger charge is -2.13. The number of aryl methyl sites for hydroxylation is 3. The van der Waals surface area contributed by atoms with Crippen molar-refractivity contribution in [3.05, 3.63) is 74.2 Å². The van der Waals surface area contributed by atoms with Crippen molar-refractivity contribution in [3.63, 3.8) is 0 Å². The van der Waals surface area contributed by atoms with Crippen LogP contribution in [0.15, 0.2) is 61.9 Å². The van der Waals surface area contributed by atoms with Gasteiger partial charge in [0.1, 0.15) is 11.3 Å². The molecule has 0 saturated heterocycles. The fourth-order valence-corrected chi connectivity index (χ4v) is 5.12. The van der Waals surface area contributed by atoms with Crippen LogP contribution >= 0.6 is 44.1 Å². The number of nitrogens with zero attached hydrogens (tertiary/aromatic N) is 1. The van der Waals surface area contributed by atoms with Gasteiger partial charge in [-0.15, -0.1) is 0 Å². The quantitative estimate of drug-likeness (QED) is 0.244. The number of carbonyl (C=O) groups excluding carboxylic acids is 1. The minimum Gasteiger partial charge on any atom is -0.482 e. The lowest BCUT2D eigenvalue weighted by molar-refractivity contribution is -0.121. The smallest absolute Gasteiger partial charge is 0.264 e. The van der Waals surface area contributed by atoms with E-state index in [1.165, 1.54) is 11.1 Å². The average molecular weight is 603 g/mol. The number of amides is 1. The summed E-state index contributed by atoms with van der Waals surface area (Å²) in [6, 6.07) is 15.3. The number of ether oxygens (including phenoxy) is 1. The van der Waals surface area contributed by atoms with Crippen molar-refractivity contribution in [2.45, 2.75) is 20.8 Å². The normalized spacial score (nSPS) is 10.9. The van der Waals surface area contributed by atoms with Crippen LogP contribution in [-0.4, -0.2) is 22.6 Å². The number of hydrogen-bond donors (Lipinski definition) is 2. The highest BCUT2D eigenvalue weighted by molar-refractivity contribution is 9.11. The van der Waals surface area contributed by atoms with Crippen molar-refractivity contribution in [1.29, 1.82) is 0 Å². The maximum Gasteiger partial charge on any atom is 0.264 e. The third kappa shape index (κ3) is 5.65. The molecule has 0 fully saturated rings. The van der Waals surface area contributed by atoms with E-state index in [4.69, 9.17) is 21.4 Å². The zero-order valence-corrected chi connectivity index (χ0v) is 22.7. The Kier molecular flexibility index (Phi) is 7.35. The zero-order chi connectivity index (χ0) is 24.4. The number of nitrogens with one attached hydrogen (secondary N) is 2. The summed E-state index contributed by atoms with van der Waals surface area (Å²) in [5, 5.41) is 5.80. The SMILES string of the molecule is Cc1ccc(-c2nc3cc(NC(=S)NC(=O)COc4c(C)cc(Br)cc4Br)ccc3o2)cc1C. The van der Waals surface area contributed by atoms with Gasteiger partial charge in [-0.25, -0.2) is 4.98 Å². The van der Waals surface area contributed by atoms with Gasteiger partial charge in [0.05, 0.1) is 4.47 Å². The number of oxazole rings is 1. The summed E-state index contributed by atoms with van der Waals surface area (Å²) in [5.74, 6) is 0.789. The Hall–Kier alpha value is -2.75. The summed E-state index contributed by atoms with van der Waals surface area (Å²) in [5.41, 5.74) is 6.25. The molecule has 0 aliphatic carbocycles. The van der Waals surface area contributed by atoms with E-state index in [9.17, 15) is 4.79 Å². The van der Waals surface area contributed by atoms with Crippen LogP contribution < -0.4 is 15.4 Å². The third-order valence-electron chi connectivity index (χ3n) is 5.19. The molecule has 4 aromatic rings. The highest BCUT2D eigenvalue weighted by Crippen LogP contribution is 2.32. The van der Waals surface area contributed by atoms with E-state index in [1.54, 1.807) is 0 Å². The summed E-state index contributed by atoms with van der Waals surface area (Å²) < 4.78 is 13.3. The molecule has 1 heterocycles. The maximum absolute atomic E-state index is 12.3. The van der Waals surface area contributed by atoms with Crippen molar-refractivity contribution < 1.29 is 13.9 Å². The Morgan fingerprint density at radius 2 is 1.82 bits per heavy atom. The fraction of sp³-hybridized carbons (Fsp3) is 0.160. The number of hydrogen-bond acceptors (Lipinski definition) is 5. The summed E-state index contributed by atoms with van der Waals surface area (Å²) in [4.78, 5) is 16.9. The highest BCUT2D eigenvalue weighted by atomic mass is 79.9. The molecular formula is C25H21Br2N3O3S. The van der Waals surface area contributed by atoms with Gasteiger partial charge in [0.15, 0.2) is 17.3 Å². The summed E-state index contributed by atoms with van der Waals surface area (Å²) >= 11 is 12.2. The number of halogens is 2. The van der Waals surface area contributed by atoms with E-state index in [1.807, 2.05) is 49.4 Å². The van der Waals surface area contributed by atoms with Crippen molar-refractivity contribution in [3.8, 4) is 17.2 Å². The van der Waals surface area contributed by atoms with Crippen molar-refractivity contribution in [2.24, 2.45) is 0 Å². The molecule has 2 N–H and O–H groups in total. The first-order valence-electron chi connectivity index (χ1n) is 10.4. The molecule has 1 amide bonds. The molecular weight excluding hydrogens is 582 g/mol. The summed E-state index contributed by atoms with van der Waals surface area (Å²) in [6.45, 7) is 5.85. The van der Waals surface area contributed by atoms with Gasteiger partial charge in [-0.2, -0.15) is 0 Å². The first kappa shape index (κ1) is 24.4. The number of fused-ring (bicyclic) bond motifs is 1. The Bertz CT molecular complexity index is 1400. The van der Waals surface area contributed by atoms with Crippen LogP contribution in [-0.2, 0) is 4.79 Å². The lowest BCUT2D eigenvalue weighted by Crippen LogP contribution is -2.37. The lowest BCUT2D eigenvalue weighted by atomic mass is 10.1. The van der Waals surface area contributed by atoms with E-state index in [-0.39, 0.29) is 17.6 Å². The maximum atomic E-state index is 12.3. The summed E-state index contributed by atoms with van der Waals surface area (Å²) in [7, 11) is 0. The standard InChI is InChI=1S/C25H21Br2N3O3S/c1-13-4-5-16(8-14(13)2)24-29-20-11-18(6-7-21(20)33-24)28-25(34)30-22(31)12-32-23-15(3)9-17(26)10-19(23)27/h4-11H,12H2,1-3H3,(H2,28,30,31,34). The molecule has 0 atom stereocenters. The molecule has 6 nitrogen and oxygen atoms in total. The fourth-order valence-electron chi connectivity index (χ4n) is 3.34. The molecule has 174 valence electrons. The molecule has 3 aromatic carbocycles. The predicted molar refractivity (Wildman–Crippen MR) is 145 cm³/mol. The van der Waals surface area contributed by atoms with E-state index in [0.717, 1.165) is 20.1 Å². The largest absolute Gasteiger partial charge is 0.482 e. The predicted octanol–water partition coefficient (Wildman–Crippen LogP) is 6.84. The summed E-state index contributed by atoms with van der Waals surface area (Å²) in [6.07, 6.45) is 0. The van der Waals surface area contributed by atoms with Crippen LogP contribution in [0.25, 0.3) is 22.6 Å². The van der Waals surface area contributed by atoms with Crippen LogP contribution in [0.1, 0.15) is 16.7 Å². The third-order valence-corrected chi connectivity index (χ3v) is 6.44. The van der Waals surface area contributed by atoms with Crippen LogP contribution in [0.4, 0.5) is 5.69 Å². The van der Waals surface area contributed by atoms with Gasteiger partial charge in [0.25, 0.3) is 5.91 Å². The highest BCUT2D eigenvalue weighted by Gasteiger charge is 2.13. The second-order valence-corrected chi connectivity index (χ2v) is 10.0. The Labute approximate surface area is 219 Å². The van der Waals surface area contributed by atoms with E-state index < -0.39 is 0 Å². The molecule has 0 radical (unpaired) electrons. The van der Waals surface area contributed by atoms with E-state index >= 15 is 0 Å². The molecule has 0 aliphatic rings. The Morgan fingerprint density at radius 1 is 1.03 bits per heavy atom. The van der Waals surface area contributed by atoms with Crippen molar-refractivity contribution >= 4 is 71.9 Å². The van der Waals surface area contributed by atoms with Gasteiger partial charge in [-0.1, -0.05) is 22.0 Å². The zero-order valence-electron chi connectivity index (χ0n) is 18.7. The molecule has 0 bridgehead atoms. The topological polar surface area (TPSA) is 76.4 Å². The minimum atomic E-state index is -0.369. The first-order valence-corrected chi connectivity index (χ1v) is 12.4. The van der Waals surface area contributed by atoms with Gasteiger partial charge in [-0.3, -0.25) is 10.1 Å². The molecule has 0 aliphatic heterocycles. The van der Waals surface area contributed by atoms with E-state index in [2.05, 4.69) is 67.4 Å². The number of anilines is 1. The van der Waals surface area contributed by atoms with Crippen molar-refractivity contribution in [2.75, 3.05) is 11.9 Å². The second kappa shape index (κ2) is 10.2. The molecule has 9 heteroatoms. The number of benzene rings is 3. The van der Waals surface area contributed by atoms with Crippen LogP contribution in [0.3, 0.4) is 0 Å². The average Bonchev–Trinajstić information content (AvgIpc) is 3.18. The number of thiocarbonyl (C=S) groups is 1. The molecule has 0 saturated carbocycles. The van der Waals surface area contributed by atoms with E-state index in [0.29, 0.717) is 28.4 Å². The van der Waals surface area contributed by atoms with Gasteiger partial charge >= 0.3 is 0 Å². The minimum absolute atomic E-state index is 0.164. The van der Waals surface area contributed by atoms with Gasteiger partial charge in [-0.05, 0) is 108 Å². The first-order chi connectivity index (χ1) is 16.2.